The molecule has 0 N–H and O–H groups in total. The third-order valence-corrected chi connectivity index (χ3v) is 7.71. The number of halogens is 1. The van der Waals surface area contributed by atoms with Crippen molar-refractivity contribution in [1.29, 1.82) is 0 Å². The van der Waals surface area contributed by atoms with E-state index >= 15 is 0 Å². The van der Waals surface area contributed by atoms with Gasteiger partial charge in [-0.1, -0.05) is 12.1 Å². The second kappa shape index (κ2) is 9.06. The first-order chi connectivity index (χ1) is 16.9. The number of amides is 2. The third kappa shape index (κ3) is 3.98. The van der Waals surface area contributed by atoms with Crippen molar-refractivity contribution in [1.82, 2.24) is 9.80 Å². The van der Waals surface area contributed by atoms with Gasteiger partial charge in [0.1, 0.15) is 5.82 Å². The zero-order valence-electron chi connectivity index (χ0n) is 20.4. The van der Waals surface area contributed by atoms with Crippen molar-refractivity contribution in [2.45, 2.75) is 31.7 Å². The number of ether oxygens (including phenoxy) is 3. The van der Waals surface area contributed by atoms with E-state index in [1.165, 1.54) is 33.5 Å². The normalized spacial score (nSPS) is 21.0. The summed E-state index contributed by atoms with van der Waals surface area (Å²) >= 11 is 0. The van der Waals surface area contributed by atoms with Crippen LogP contribution in [0.4, 0.5) is 4.39 Å². The highest BCUT2D eigenvalue weighted by Gasteiger charge is 2.62. The summed E-state index contributed by atoms with van der Waals surface area (Å²) in [4.78, 5) is 30.6. The Balaban J connectivity index is 1.36. The second-order valence-corrected chi connectivity index (χ2v) is 9.72. The molecule has 2 aliphatic heterocycles. The van der Waals surface area contributed by atoms with Gasteiger partial charge >= 0.3 is 0 Å². The summed E-state index contributed by atoms with van der Waals surface area (Å²) in [5.41, 5.74) is 0.871. The molecule has 2 heterocycles. The first-order valence-electron chi connectivity index (χ1n) is 12.1. The molecule has 3 aliphatic rings. The molecule has 5 rings (SSSR count). The van der Waals surface area contributed by atoms with Crippen molar-refractivity contribution < 1.29 is 28.2 Å². The lowest BCUT2D eigenvalue weighted by atomic mass is 9.62. The monoisotopic (exact) mass is 482 g/mol. The van der Waals surface area contributed by atoms with Gasteiger partial charge in [0.15, 0.2) is 11.5 Å². The van der Waals surface area contributed by atoms with Crippen LogP contribution < -0.4 is 14.2 Å². The first kappa shape index (κ1) is 23.5. The maximum atomic E-state index is 13.6. The lowest BCUT2D eigenvalue weighted by Crippen LogP contribution is -2.66. The van der Waals surface area contributed by atoms with Gasteiger partial charge in [-0.3, -0.25) is 9.59 Å². The van der Waals surface area contributed by atoms with E-state index in [2.05, 4.69) is 0 Å². The fourth-order valence-electron chi connectivity index (χ4n) is 5.65. The van der Waals surface area contributed by atoms with Crippen molar-refractivity contribution >= 4 is 11.8 Å². The Labute approximate surface area is 204 Å². The lowest BCUT2D eigenvalue weighted by molar-refractivity contribution is -0.180. The molecule has 1 saturated carbocycles. The van der Waals surface area contributed by atoms with Gasteiger partial charge in [-0.05, 0) is 61.4 Å². The summed E-state index contributed by atoms with van der Waals surface area (Å²) in [7, 11) is 4.55. The summed E-state index contributed by atoms with van der Waals surface area (Å²) in [6.07, 6.45) is 3.46. The molecule has 0 aromatic heterocycles. The quantitative estimate of drug-likeness (QED) is 0.557. The predicted molar refractivity (Wildman–Crippen MR) is 127 cm³/mol. The summed E-state index contributed by atoms with van der Waals surface area (Å²) in [6, 6.07) is 9.75. The Hall–Kier alpha value is -3.29. The van der Waals surface area contributed by atoms with E-state index in [-0.39, 0.29) is 23.7 Å². The maximum absolute atomic E-state index is 13.6. The van der Waals surface area contributed by atoms with E-state index in [0.717, 1.165) is 24.9 Å². The number of likely N-dealkylation sites (tertiary alicyclic amines) is 2. The van der Waals surface area contributed by atoms with Crippen molar-refractivity contribution in [3.05, 3.63) is 53.3 Å². The summed E-state index contributed by atoms with van der Waals surface area (Å²) in [5, 5.41) is 0. The number of benzene rings is 2. The highest BCUT2D eigenvalue weighted by molar-refractivity contribution is 5.96. The maximum Gasteiger partial charge on any atom is 0.254 e. The molecule has 8 heteroatoms. The fraction of sp³-hybridized carbons (Fsp3) is 0.481. The molecule has 1 aliphatic carbocycles. The van der Waals surface area contributed by atoms with Gasteiger partial charge in [0.2, 0.25) is 11.7 Å². The molecule has 1 unspecified atom stereocenters. The predicted octanol–water partition coefficient (Wildman–Crippen LogP) is 4.07. The number of methoxy groups -OCH3 is 3. The van der Waals surface area contributed by atoms with Crippen LogP contribution in [-0.2, 0) is 4.79 Å². The Morgan fingerprint density at radius 1 is 1.00 bits per heavy atom. The minimum Gasteiger partial charge on any atom is -0.493 e. The average molecular weight is 483 g/mol. The van der Waals surface area contributed by atoms with E-state index in [9.17, 15) is 14.0 Å². The number of carbonyl (C=O) groups is 2. The van der Waals surface area contributed by atoms with Crippen molar-refractivity contribution in [2.24, 2.45) is 11.3 Å². The Bertz CT molecular complexity index is 1100. The molecule has 0 bridgehead atoms. The summed E-state index contributed by atoms with van der Waals surface area (Å²) < 4.78 is 29.8. The van der Waals surface area contributed by atoms with Gasteiger partial charge in [-0.25, -0.2) is 4.39 Å². The van der Waals surface area contributed by atoms with Crippen LogP contribution in [0, 0.1) is 17.2 Å². The molecule has 0 radical (unpaired) electrons. The largest absolute Gasteiger partial charge is 0.493 e. The smallest absolute Gasteiger partial charge is 0.254 e. The van der Waals surface area contributed by atoms with E-state index < -0.39 is 5.41 Å². The molecule has 2 aromatic carbocycles. The van der Waals surface area contributed by atoms with E-state index in [0.29, 0.717) is 54.7 Å². The van der Waals surface area contributed by atoms with Crippen LogP contribution in [0.15, 0.2) is 36.4 Å². The van der Waals surface area contributed by atoms with Crippen LogP contribution in [0.5, 0.6) is 17.2 Å². The SMILES string of the molecule is COc1cc(C(=O)N2CCC3(CC2)C(=O)N(CC2CC2)C3c2ccc(F)cc2)cc(OC)c1OC. The highest BCUT2D eigenvalue weighted by atomic mass is 19.1. The highest BCUT2D eigenvalue weighted by Crippen LogP contribution is 2.57. The average Bonchev–Trinajstić information content (AvgIpc) is 3.72. The van der Waals surface area contributed by atoms with Crippen LogP contribution in [0.1, 0.15) is 47.6 Å². The molecule has 186 valence electrons. The summed E-state index contributed by atoms with van der Waals surface area (Å²) in [6.45, 7) is 1.70. The molecule has 3 fully saturated rings. The Morgan fingerprint density at radius 3 is 2.11 bits per heavy atom. The molecular formula is C27H31FN2O5. The molecular weight excluding hydrogens is 451 g/mol. The first-order valence-corrected chi connectivity index (χ1v) is 12.1. The van der Waals surface area contributed by atoms with Crippen molar-refractivity contribution in [3.8, 4) is 17.2 Å². The minimum absolute atomic E-state index is 0.0744. The Morgan fingerprint density at radius 2 is 1.60 bits per heavy atom. The van der Waals surface area contributed by atoms with Crippen molar-refractivity contribution in [3.63, 3.8) is 0 Å². The Kier molecular flexibility index (Phi) is 6.07. The fourth-order valence-corrected chi connectivity index (χ4v) is 5.65. The molecule has 7 nitrogen and oxygen atoms in total. The van der Waals surface area contributed by atoms with Gasteiger partial charge < -0.3 is 24.0 Å². The van der Waals surface area contributed by atoms with Crippen LogP contribution in [0.3, 0.4) is 0 Å². The summed E-state index contributed by atoms with van der Waals surface area (Å²) in [5.74, 6) is 1.59. The van der Waals surface area contributed by atoms with Crippen LogP contribution in [-0.4, -0.2) is 62.6 Å². The van der Waals surface area contributed by atoms with E-state index in [1.807, 2.05) is 4.90 Å². The van der Waals surface area contributed by atoms with Gasteiger partial charge in [-0.2, -0.15) is 0 Å². The van der Waals surface area contributed by atoms with Crippen LogP contribution in [0.25, 0.3) is 0 Å². The number of hydrogen-bond donors (Lipinski definition) is 0. The zero-order chi connectivity index (χ0) is 24.7. The lowest BCUT2D eigenvalue weighted by Gasteiger charge is -2.59. The second-order valence-electron chi connectivity index (χ2n) is 9.72. The number of carbonyl (C=O) groups excluding carboxylic acids is 2. The van der Waals surface area contributed by atoms with Crippen LogP contribution in [0.2, 0.25) is 0 Å². The number of piperidine rings is 1. The number of hydrogen-bond acceptors (Lipinski definition) is 5. The topological polar surface area (TPSA) is 68.3 Å². The van der Waals surface area contributed by atoms with E-state index in [4.69, 9.17) is 14.2 Å². The van der Waals surface area contributed by atoms with Crippen LogP contribution >= 0.6 is 0 Å². The van der Waals surface area contributed by atoms with E-state index in [1.54, 1.807) is 29.2 Å². The third-order valence-electron chi connectivity index (χ3n) is 7.71. The molecule has 2 saturated heterocycles. The number of β-lactam (4-membered cyclic amide) rings is 1. The molecule has 2 amide bonds. The zero-order valence-corrected chi connectivity index (χ0v) is 20.4. The van der Waals surface area contributed by atoms with Gasteiger partial charge in [-0.15, -0.1) is 0 Å². The molecule has 1 atom stereocenters. The standard InChI is InChI=1S/C27H31FN2O5/c1-33-21-14-19(15-22(34-2)23(21)35-3)25(31)29-12-10-27(11-13-29)24(18-6-8-20(28)9-7-18)30(26(27)32)16-17-4-5-17/h6-9,14-15,17,24H,4-5,10-13,16H2,1-3H3. The molecule has 1 spiro atoms. The van der Waals surface area contributed by atoms with Gasteiger partial charge in [0.25, 0.3) is 5.91 Å². The number of nitrogens with zero attached hydrogens (tertiary/aromatic N) is 2. The van der Waals surface area contributed by atoms with Crippen molar-refractivity contribution in [2.75, 3.05) is 41.0 Å². The molecule has 35 heavy (non-hydrogen) atoms. The minimum atomic E-state index is -0.543. The number of rotatable bonds is 7. The van der Waals surface area contributed by atoms with Gasteiger partial charge in [0.05, 0.1) is 32.8 Å². The van der Waals surface area contributed by atoms with Gasteiger partial charge in [0, 0.05) is 25.2 Å². The molecule has 2 aromatic rings.